The molecule has 0 spiro atoms. The number of hydrogen-bond donors (Lipinski definition) is 1. The second-order valence-corrected chi connectivity index (χ2v) is 4.63. The quantitative estimate of drug-likeness (QED) is 0.772. The molecule has 0 aliphatic heterocycles. The van der Waals surface area contributed by atoms with Gasteiger partial charge in [0.15, 0.2) is 0 Å². The normalized spacial score (nSPS) is 10.9. The molecule has 0 amide bonds. The van der Waals surface area contributed by atoms with Gasteiger partial charge < -0.3 is 9.63 Å². The van der Waals surface area contributed by atoms with Crippen molar-refractivity contribution < 1.29 is 14.4 Å². The predicted molar refractivity (Wildman–Crippen MR) is 73.7 cm³/mol. The average Bonchev–Trinajstić information content (AvgIpc) is 2.80. The van der Waals surface area contributed by atoms with Crippen LogP contribution in [0.4, 0.5) is 0 Å². The Balaban J connectivity index is 2.20. The highest BCUT2D eigenvalue weighted by atomic mass is 16.5. The number of aromatic carboxylic acids is 1. The Morgan fingerprint density at radius 2 is 2.00 bits per heavy atom. The monoisotopic (exact) mass is 268 g/mol. The van der Waals surface area contributed by atoms with Gasteiger partial charge in [0.2, 0.25) is 0 Å². The highest BCUT2D eigenvalue weighted by Gasteiger charge is 2.20. The van der Waals surface area contributed by atoms with Crippen molar-refractivity contribution in [1.29, 1.82) is 0 Å². The summed E-state index contributed by atoms with van der Waals surface area (Å²) in [5.41, 5.74) is 2.96. The number of fused-ring (bicyclic) bond motifs is 1. The summed E-state index contributed by atoms with van der Waals surface area (Å²) in [6.45, 7) is 3.52. The molecule has 0 saturated heterocycles. The molecular weight excluding hydrogens is 256 g/mol. The van der Waals surface area contributed by atoms with E-state index in [9.17, 15) is 9.90 Å². The number of pyridine rings is 1. The Kier molecular flexibility index (Phi) is 2.75. The van der Waals surface area contributed by atoms with Gasteiger partial charge in [0, 0.05) is 16.6 Å². The lowest BCUT2D eigenvalue weighted by Crippen LogP contribution is -1.99. The largest absolute Gasteiger partial charge is 0.477 e. The summed E-state index contributed by atoms with van der Waals surface area (Å²) in [4.78, 5) is 15.7. The van der Waals surface area contributed by atoms with Crippen LogP contribution < -0.4 is 0 Å². The van der Waals surface area contributed by atoms with Gasteiger partial charge in [-0.2, -0.15) is 0 Å². The van der Waals surface area contributed by atoms with E-state index in [0.717, 1.165) is 16.6 Å². The molecule has 3 rings (SSSR count). The minimum absolute atomic E-state index is 0.101. The summed E-state index contributed by atoms with van der Waals surface area (Å²) in [6.07, 6.45) is 0. The third-order valence-corrected chi connectivity index (χ3v) is 3.18. The summed E-state index contributed by atoms with van der Waals surface area (Å²) >= 11 is 0. The van der Waals surface area contributed by atoms with Crippen molar-refractivity contribution in [2.75, 3.05) is 0 Å². The van der Waals surface area contributed by atoms with Gasteiger partial charge in [-0.25, -0.2) is 4.79 Å². The average molecular weight is 268 g/mol. The van der Waals surface area contributed by atoms with Crippen molar-refractivity contribution >= 4 is 16.9 Å². The van der Waals surface area contributed by atoms with Gasteiger partial charge in [-0.05, 0) is 32.0 Å². The summed E-state index contributed by atoms with van der Waals surface area (Å²) < 4.78 is 5.00. The molecule has 1 aromatic carbocycles. The van der Waals surface area contributed by atoms with Crippen LogP contribution in [0.1, 0.15) is 21.8 Å². The number of benzene rings is 1. The van der Waals surface area contributed by atoms with E-state index in [-0.39, 0.29) is 5.56 Å². The summed E-state index contributed by atoms with van der Waals surface area (Å²) in [5, 5.41) is 14.0. The molecule has 2 heterocycles. The second kappa shape index (κ2) is 4.45. The fraction of sp³-hybridized carbons (Fsp3) is 0.133. The number of hydrogen-bond acceptors (Lipinski definition) is 4. The first-order valence-electron chi connectivity index (χ1n) is 6.13. The van der Waals surface area contributed by atoms with Gasteiger partial charge >= 0.3 is 5.97 Å². The molecule has 2 aromatic heterocycles. The molecule has 0 fully saturated rings. The topological polar surface area (TPSA) is 76.2 Å². The lowest BCUT2D eigenvalue weighted by molar-refractivity contribution is 0.0696. The molecule has 0 aliphatic rings. The summed E-state index contributed by atoms with van der Waals surface area (Å²) in [7, 11) is 0. The molecular formula is C15H12N2O3. The molecule has 20 heavy (non-hydrogen) atoms. The third-order valence-electron chi connectivity index (χ3n) is 3.18. The van der Waals surface area contributed by atoms with Crippen molar-refractivity contribution in [1.82, 2.24) is 10.1 Å². The van der Waals surface area contributed by atoms with Gasteiger partial charge in [-0.15, -0.1) is 0 Å². The molecule has 0 bridgehead atoms. The van der Waals surface area contributed by atoms with Gasteiger partial charge in [-0.3, -0.25) is 4.98 Å². The maximum absolute atomic E-state index is 11.3. The predicted octanol–water partition coefficient (Wildman–Crippen LogP) is 3.20. The number of carboxylic acids is 1. The van der Waals surface area contributed by atoms with Gasteiger partial charge in [-0.1, -0.05) is 17.3 Å². The van der Waals surface area contributed by atoms with Crippen LogP contribution in [0, 0.1) is 13.8 Å². The smallest absolute Gasteiger partial charge is 0.341 e. The minimum Gasteiger partial charge on any atom is -0.477 e. The van der Waals surface area contributed by atoms with E-state index < -0.39 is 5.97 Å². The fourth-order valence-corrected chi connectivity index (χ4v) is 2.20. The first-order chi connectivity index (χ1) is 9.56. The number of aryl methyl sites for hydroxylation is 2. The van der Waals surface area contributed by atoms with Crippen molar-refractivity contribution in [2.24, 2.45) is 0 Å². The van der Waals surface area contributed by atoms with E-state index >= 15 is 0 Å². The van der Waals surface area contributed by atoms with Gasteiger partial charge in [0.05, 0.1) is 5.52 Å². The number of aromatic nitrogens is 2. The zero-order valence-electron chi connectivity index (χ0n) is 11.0. The van der Waals surface area contributed by atoms with E-state index in [1.807, 2.05) is 31.2 Å². The second-order valence-electron chi connectivity index (χ2n) is 4.63. The highest BCUT2D eigenvalue weighted by molar-refractivity contribution is 5.97. The van der Waals surface area contributed by atoms with Crippen molar-refractivity contribution in [2.45, 2.75) is 13.8 Å². The number of rotatable bonds is 2. The molecule has 3 aromatic rings. The van der Waals surface area contributed by atoms with Crippen molar-refractivity contribution in [3.05, 3.63) is 47.3 Å². The molecule has 5 nitrogen and oxygen atoms in total. The number of carbonyl (C=O) groups is 1. The van der Waals surface area contributed by atoms with Crippen LogP contribution in [-0.2, 0) is 0 Å². The van der Waals surface area contributed by atoms with Gasteiger partial charge in [0.25, 0.3) is 0 Å². The Hall–Kier alpha value is -2.69. The van der Waals surface area contributed by atoms with Crippen LogP contribution in [0.15, 0.2) is 34.9 Å². The van der Waals surface area contributed by atoms with E-state index in [4.69, 9.17) is 4.52 Å². The van der Waals surface area contributed by atoms with E-state index in [0.29, 0.717) is 17.0 Å². The zero-order valence-corrected chi connectivity index (χ0v) is 11.0. The molecule has 1 N–H and O–H groups in total. The van der Waals surface area contributed by atoms with Crippen LogP contribution in [-0.4, -0.2) is 21.2 Å². The lowest BCUT2D eigenvalue weighted by Gasteiger charge is -2.02. The lowest BCUT2D eigenvalue weighted by atomic mass is 10.0. The van der Waals surface area contributed by atoms with E-state index in [2.05, 4.69) is 10.1 Å². The molecule has 0 unspecified atom stereocenters. The molecule has 0 atom stereocenters. The van der Waals surface area contributed by atoms with Crippen LogP contribution in [0.5, 0.6) is 0 Å². The first-order valence-corrected chi connectivity index (χ1v) is 6.13. The Morgan fingerprint density at radius 1 is 1.20 bits per heavy atom. The van der Waals surface area contributed by atoms with Crippen LogP contribution in [0.25, 0.3) is 22.2 Å². The molecule has 0 saturated carbocycles. The Bertz CT molecular complexity index is 821. The first kappa shape index (κ1) is 12.3. The Labute approximate surface area is 114 Å². The van der Waals surface area contributed by atoms with Crippen LogP contribution >= 0.6 is 0 Å². The zero-order chi connectivity index (χ0) is 14.3. The molecule has 0 aliphatic carbocycles. The number of carboxylic acid groups (broad SMARTS) is 1. The fourth-order valence-electron chi connectivity index (χ4n) is 2.20. The van der Waals surface area contributed by atoms with Crippen LogP contribution in [0.3, 0.4) is 0 Å². The minimum atomic E-state index is -1.04. The molecule has 5 heteroatoms. The van der Waals surface area contributed by atoms with Crippen molar-refractivity contribution in [3.8, 4) is 11.3 Å². The summed E-state index contributed by atoms with van der Waals surface area (Å²) in [5.74, 6) is -0.740. The standard InChI is InChI=1S/C15H12N2O3/c1-8-3-4-10-7-11(5-6-12(10)16-8)14-13(15(18)19)9(2)20-17-14/h3-7H,1-2H3,(H,18,19). The van der Waals surface area contributed by atoms with Crippen molar-refractivity contribution in [3.63, 3.8) is 0 Å². The van der Waals surface area contributed by atoms with E-state index in [1.165, 1.54) is 0 Å². The number of nitrogens with zero attached hydrogens (tertiary/aromatic N) is 2. The highest BCUT2D eigenvalue weighted by Crippen LogP contribution is 2.27. The molecule has 0 radical (unpaired) electrons. The Morgan fingerprint density at radius 3 is 2.75 bits per heavy atom. The summed E-state index contributed by atoms with van der Waals surface area (Å²) in [6, 6.07) is 9.39. The third kappa shape index (κ3) is 1.93. The SMILES string of the molecule is Cc1ccc2cc(-c3noc(C)c3C(=O)O)ccc2n1. The molecule has 100 valence electrons. The van der Waals surface area contributed by atoms with E-state index in [1.54, 1.807) is 13.0 Å². The maximum atomic E-state index is 11.3. The maximum Gasteiger partial charge on any atom is 0.341 e. The van der Waals surface area contributed by atoms with Gasteiger partial charge in [0.1, 0.15) is 17.0 Å². The van der Waals surface area contributed by atoms with Crippen LogP contribution in [0.2, 0.25) is 0 Å².